The van der Waals surface area contributed by atoms with Gasteiger partial charge in [-0.2, -0.15) is 0 Å². The first-order chi connectivity index (χ1) is 25.7. The Kier molecular flexibility index (Phi) is 29.5. The number of aromatic nitrogens is 4. The molecule has 0 spiro atoms. The van der Waals surface area contributed by atoms with Gasteiger partial charge in [0.05, 0.1) is 40.7 Å². The van der Waals surface area contributed by atoms with E-state index >= 15 is 0 Å². The van der Waals surface area contributed by atoms with Gasteiger partial charge in [0.25, 0.3) is 18.9 Å². The minimum atomic E-state index is -5.26. The number of unbranched alkanes of at least 4 members (excludes halogenated alkanes) is 3. The summed E-state index contributed by atoms with van der Waals surface area (Å²) in [6.45, 7) is 9.51. The van der Waals surface area contributed by atoms with E-state index in [1.807, 2.05) is 14.9 Å². The number of phosphoric ester groups is 2. The first-order valence-electron chi connectivity index (χ1n) is 17.6. The van der Waals surface area contributed by atoms with Gasteiger partial charge in [-0.15, -0.1) is 0 Å². The maximum atomic E-state index is 11.6. The Labute approximate surface area is 378 Å². The Hall–Kier alpha value is -0.700. The van der Waals surface area contributed by atoms with Crippen molar-refractivity contribution in [2.75, 3.05) is 32.8 Å². The van der Waals surface area contributed by atoms with Crippen molar-refractivity contribution in [1.82, 2.24) is 19.1 Å². The molecule has 0 radical (unpaired) electrons. The van der Waals surface area contributed by atoms with Gasteiger partial charge in [-0.05, 0) is 19.3 Å². The van der Waals surface area contributed by atoms with Crippen LogP contribution in [0.5, 0.6) is 0 Å². The normalized spacial score (nSPS) is 24.8. The van der Waals surface area contributed by atoms with Crippen LogP contribution in [-0.2, 0) is 27.7 Å². The van der Waals surface area contributed by atoms with Gasteiger partial charge in [0.1, 0.15) is 36.6 Å². The van der Waals surface area contributed by atoms with Crippen molar-refractivity contribution >= 4 is 15.6 Å². The van der Waals surface area contributed by atoms with Gasteiger partial charge in [-0.3, -0.25) is 33.3 Å². The molecular formula is C31H55N5Na2O18P2. The number of aliphatic hydroxyl groups excluding tert-OH is 4. The Morgan fingerprint density at radius 1 is 0.690 bits per heavy atom. The molecule has 0 aromatic carbocycles. The van der Waals surface area contributed by atoms with Crippen LogP contribution >= 0.6 is 15.6 Å². The predicted molar refractivity (Wildman–Crippen MR) is 191 cm³/mol. The second-order valence-corrected chi connectivity index (χ2v) is 15.0. The van der Waals surface area contributed by atoms with E-state index in [-0.39, 0.29) is 66.5 Å². The van der Waals surface area contributed by atoms with Crippen LogP contribution in [0, 0.1) is 0 Å². The topological polar surface area (TPSA) is 356 Å². The van der Waals surface area contributed by atoms with Crippen LogP contribution in [0.15, 0.2) is 43.7 Å². The van der Waals surface area contributed by atoms with Crippen molar-refractivity contribution < 1.29 is 132 Å². The fourth-order valence-electron chi connectivity index (χ4n) is 5.44. The van der Waals surface area contributed by atoms with Gasteiger partial charge >= 0.3 is 70.5 Å². The molecule has 23 nitrogen and oxygen atoms in total. The SMILES string of the molecule is C.CCCC[NH+](CCCC)CCCC.O=c1ccn([C@@H]2O[C@H](COP(=O)([O-])O)C(O)[C@@H]2O)c(=O)[nH]1.O=c1ccn([C@@H]2O[C@H](COP(=O)([O-])[O-])C(O)[C@@H]2O)c(=O)[nH]1.[Na+].[Na+]. The van der Waals surface area contributed by atoms with Crippen molar-refractivity contribution in [3.63, 3.8) is 0 Å². The number of aromatic amines is 2. The standard InChI is InChI=1S/C12H27N.2C9H13N2O9P.CH4.2Na/c1-4-7-10-13(11-8-5-2)12-9-6-3;2*12-5-1-2-11(9(15)10-5)8-7(14)6(13)4(20-8)3-19-21(16,17)18;;;/h4-12H2,1-3H3;2*1-2,4,6-8,13-14H,3H2,(H,10,12,15)(H2,16,17,18);1H4;;/q;;;;2*+1/p-2/t;2*4-,6?,7+,8-;;;/m.11.../s1. The molecule has 0 bridgehead atoms. The van der Waals surface area contributed by atoms with Crippen molar-refractivity contribution in [2.45, 2.75) is 116 Å². The molecule has 2 saturated heterocycles. The third kappa shape index (κ3) is 20.4. The first kappa shape index (κ1) is 59.4. The molecule has 2 fully saturated rings. The number of rotatable bonds is 17. The Balaban J connectivity index is 0. The van der Waals surface area contributed by atoms with Crippen LogP contribution in [0.1, 0.15) is 79.2 Å². The molecule has 58 heavy (non-hydrogen) atoms. The van der Waals surface area contributed by atoms with E-state index in [0.717, 1.165) is 33.7 Å². The van der Waals surface area contributed by atoms with Crippen LogP contribution in [0.25, 0.3) is 0 Å². The molecule has 8 N–H and O–H groups in total. The summed E-state index contributed by atoms with van der Waals surface area (Å²) in [7, 11) is -10.3. The second kappa shape index (κ2) is 28.8. The number of H-pyrrole nitrogens is 2. The summed E-state index contributed by atoms with van der Waals surface area (Å²) in [6, 6.07) is 2.00. The van der Waals surface area contributed by atoms with E-state index in [2.05, 4.69) is 29.8 Å². The average Bonchev–Trinajstić information content (AvgIpc) is 3.55. The van der Waals surface area contributed by atoms with Crippen LogP contribution in [0.4, 0.5) is 0 Å². The molecule has 27 heteroatoms. The van der Waals surface area contributed by atoms with Crippen LogP contribution < -0.4 is 101 Å². The number of nitrogens with one attached hydrogen (secondary N) is 3. The summed E-state index contributed by atoms with van der Waals surface area (Å²) in [4.78, 5) is 90.4. The molecular weight excluding hydrogens is 838 g/mol. The number of ether oxygens (including phenoxy) is 2. The number of hydrogen-bond donors (Lipinski definition) is 8. The maximum absolute atomic E-state index is 11.6. The van der Waals surface area contributed by atoms with E-state index in [1.165, 1.54) is 58.2 Å². The van der Waals surface area contributed by atoms with Crippen molar-refractivity contribution in [3.8, 4) is 0 Å². The average molecular weight is 894 g/mol. The van der Waals surface area contributed by atoms with Gasteiger partial charge in [-0.25, -0.2) is 9.59 Å². The Morgan fingerprint density at radius 3 is 1.33 bits per heavy atom. The maximum Gasteiger partial charge on any atom is 1.00 e. The van der Waals surface area contributed by atoms with Crippen molar-refractivity contribution in [1.29, 1.82) is 0 Å². The van der Waals surface area contributed by atoms with E-state index in [9.17, 15) is 63.4 Å². The summed E-state index contributed by atoms with van der Waals surface area (Å²) < 4.78 is 40.8. The van der Waals surface area contributed by atoms with E-state index < -0.39 is 100 Å². The molecule has 4 rings (SSSR count). The second-order valence-electron chi connectivity index (χ2n) is 12.7. The number of hydrogen-bond acceptors (Lipinski definition) is 17. The van der Waals surface area contributed by atoms with Crippen LogP contribution in [-0.4, -0.2) is 114 Å². The molecule has 0 amide bonds. The largest absolute Gasteiger partial charge is 1.00 e. The minimum Gasteiger partial charge on any atom is -0.790 e. The first-order valence-corrected chi connectivity index (χ1v) is 20.5. The third-order valence-electron chi connectivity index (χ3n) is 8.38. The van der Waals surface area contributed by atoms with E-state index in [0.29, 0.717) is 0 Å². The summed E-state index contributed by atoms with van der Waals surface area (Å²) in [5, 5.41) is 39.0. The molecule has 0 saturated carbocycles. The molecule has 0 aliphatic carbocycles. The van der Waals surface area contributed by atoms with Crippen molar-refractivity contribution in [3.05, 3.63) is 66.2 Å². The molecule has 324 valence electrons. The van der Waals surface area contributed by atoms with E-state index in [4.69, 9.17) is 14.4 Å². The van der Waals surface area contributed by atoms with Crippen molar-refractivity contribution in [2.24, 2.45) is 0 Å². The van der Waals surface area contributed by atoms with Crippen LogP contribution in [0.2, 0.25) is 0 Å². The fraction of sp³-hybridized carbons (Fsp3) is 0.742. The van der Waals surface area contributed by atoms with Gasteiger partial charge < -0.3 is 68.0 Å². The molecule has 4 heterocycles. The monoisotopic (exact) mass is 893 g/mol. The predicted octanol–water partition coefficient (Wildman–Crippen LogP) is -10.5. The number of quaternary nitrogens is 1. The molecule has 2 aromatic rings. The van der Waals surface area contributed by atoms with E-state index in [1.54, 1.807) is 0 Å². The summed E-state index contributed by atoms with van der Waals surface area (Å²) in [5.41, 5.74) is -3.09. The number of phosphoric acid groups is 2. The molecule has 2 aliphatic rings. The molecule has 3 unspecified atom stereocenters. The van der Waals surface area contributed by atoms with Gasteiger partial charge in [0.2, 0.25) is 0 Å². The minimum absolute atomic E-state index is 0. The van der Waals surface area contributed by atoms with Gasteiger partial charge in [0, 0.05) is 24.5 Å². The zero-order valence-electron chi connectivity index (χ0n) is 32.5. The summed E-state index contributed by atoms with van der Waals surface area (Å²) in [6.07, 6.45) is -1.27. The number of aliphatic hydroxyl groups is 4. The Morgan fingerprint density at radius 2 is 1.03 bits per heavy atom. The zero-order chi connectivity index (χ0) is 41.5. The van der Waals surface area contributed by atoms with Gasteiger partial charge in [-0.1, -0.05) is 47.5 Å². The smallest absolute Gasteiger partial charge is 0.790 e. The zero-order valence-corrected chi connectivity index (χ0v) is 38.3. The van der Waals surface area contributed by atoms with Gasteiger partial charge in [0.15, 0.2) is 12.5 Å². The quantitative estimate of drug-likeness (QED) is 0.0540. The van der Waals surface area contributed by atoms with Crippen LogP contribution in [0.3, 0.4) is 0 Å². The molecule has 2 aromatic heterocycles. The summed E-state index contributed by atoms with van der Waals surface area (Å²) in [5.74, 6) is 0. The number of nitrogens with zero attached hydrogens (tertiary/aromatic N) is 2. The molecule has 9 atom stereocenters. The Bertz CT molecular complexity index is 1650. The summed E-state index contributed by atoms with van der Waals surface area (Å²) >= 11 is 0. The fourth-order valence-corrected chi connectivity index (χ4v) is 6.10. The molecule has 2 aliphatic heterocycles. The third-order valence-corrected chi connectivity index (χ3v) is 9.32.